The molecule has 0 aromatic heterocycles. The van der Waals surface area contributed by atoms with Crippen molar-refractivity contribution in [1.29, 1.82) is 0 Å². The van der Waals surface area contributed by atoms with E-state index in [2.05, 4.69) is 0 Å². The predicted molar refractivity (Wildman–Crippen MR) is 49.9 cm³/mol. The fourth-order valence-corrected chi connectivity index (χ4v) is 1.25. The molecule has 0 unspecified atom stereocenters. The molecule has 2 rings (SSSR count). The molecule has 0 spiro atoms. The first-order valence-corrected chi connectivity index (χ1v) is 4.42. The average Bonchev–Trinajstić information content (AvgIpc) is 2.67. The number of fused-ring (bicyclic) bond motifs is 1. The zero-order valence-corrected chi connectivity index (χ0v) is 7.99. The van der Waals surface area contributed by atoms with E-state index in [1.165, 1.54) is 0 Å². The van der Waals surface area contributed by atoms with Gasteiger partial charge in [-0.05, 0) is 12.1 Å². The Kier molecular flexibility index (Phi) is 2.74. The minimum Gasteiger partial charge on any atom is -0.487 e. The number of rotatable bonds is 4. The Labute approximate surface area is 82.3 Å². The maximum Gasteiger partial charge on any atom is 0.231 e. The molecule has 0 N–H and O–H groups in total. The minimum absolute atomic E-state index is 0.264. The molecule has 1 heterocycles. The van der Waals surface area contributed by atoms with Gasteiger partial charge in [-0.15, -0.1) is 0 Å². The lowest BCUT2D eigenvalue weighted by Crippen LogP contribution is -2.04. The van der Waals surface area contributed by atoms with Crippen LogP contribution in [0.4, 0.5) is 0 Å². The highest BCUT2D eigenvalue weighted by Gasteiger charge is 2.17. The molecule has 0 aliphatic carbocycles. The van der Waals surface area contributed by atoms with Crippen LogP contribution in [-0.4, -0.2) is 27.1 Å². The van der Waals surface area contributed by atoms with Gasteiger partial charge in [0, 0.05) is 7.11 Å². The Morgan fingerprint density at radius 2 is 2.21 bits per heavy atom. The molecule has 1 aromatic carbocycles. The molecule has 0 radical (unpaired) electrons. The molecule has 0 atom stereocenters. The molecule has 0 saturated heterocycles. The lowest BCUT2D eigenvalue weighted by atomic mass is 10.3. The van der Waals surface area contributed by atoms with Crippen LogP contribution in [0.1, 0.15) is 0 Å². The molecule has 14 heavy (non-hydrogen) atoms. The van der Waals surface area contributed by atoms with Gasteiger partial charge in [-0.25, -0.2) is 0 Å². The van der Waals surface area contributed by atoms with E-state index < -0.39 is 0 Å². The summed E-state index contributed by atoms with van der Waals surface area (Å²) in [5, 5.41) is 0. The van der Waals surface area contributed by atoms with Crippen LogP contribution in [0.15, 0.2) is 18.2 Å². The first kappa shape index (κ1) is 9.15. The third-order valence-electron chi connectivity index (χ3n) is 1.91. The number of ether oxygens (including phenoxy) is 4. The molecule has 0 saturated carbocycles. The van der Waals surface area contributed by atoms with E-state index in [0.717, 1.165) is 5.75 Å². The van der Waals surface area contributed by atoms with Crippen LogP contribution in [-0.2, 0) is 4.74 Å². The van der Waals surface area contributed by atoms with E-state index in [4.69, 9.17) is 18.9 Å². The van der Waals surface area contributed by atoms with Crippen LogP contribution in [0.5, 0.6) is 17.2 Å². The molecule has 4 heteroatoms. The van der Waals surface area contributed by atoms with Crippen LogP contribution >= 0.6 is 0 Å². The second-order valence-electron chi connectivity index (χ2n) is 2.83. The van der Waals surface area contributed by atoms with Crippen LogP contribution in [0.25, 0.3) is 0 Å². The zero-order chi connectivity index (χ0) is 9.80. The molecule has 0 amide bonds. The summed E-state index contributed by atoms with van der Waals surface area (Å²) >= 11 is 0. The summed E-state index contributed by atoms with van der Waals surface area (Å²) in [6.07, 6.45) is 0. The maximum absolute atomic E-state index is 5.46. The van der Waals surface area contributed by atoms with Gasteiger partial charge in [0.05, 0.1) is 6.61 Å². The van der Waals surface area contributed by atoms with E-state index in [1.807, 2.05) is 18.2 Å². The van der Waals surface area contributed by atoms with Crippen LogP contribution in [0.3, 0.4) is 0 Å². The van der Waals surface area contributed by atoms with Crippen molar-refractivity contribution in [3.8, 4) is 17.2 Å². The van der Waals surface area contributed by atoms with Gasteiger partial charge in [-0.2, -0.15) is 0 Å². The highest BCUT2D eigenvalue weighted by molar-refractivity contribution is 5.52. The van der Waals surface area contributed by atoms with Gasteiger partial charge < -0.3 is 18.9 Å². The van der Waals surface area contributed by atoms with Gasteiger partial charge in [0.2, 0.25) is 12.5 Å². The zero-order valence-electron chi connectivity index (χ0n) is 7.99. The van der Waals surface area contributed by atoms with Crippen LogP contribution in [0.2, 0.25) is 0 Å². The molecule has 0 bridgehead atoms. The lowest BCUT2D eigenvalue weighted by Gasteiger charge is -2.07. The SMILES string of the molecule is COCCOc1cccc2c1OCO2. The fraction of sp³-hybridized carbons (Fsp3) is 0.400. The van der Waals surface area contributed by atoms with Crippen molar-refractivity contribution in [3.05, 3.63) is 18.2 Å². The van der Waals surface area contributed by atoms with Crippen molar-refractivity contribution < 1.29 is 18.9 Å². The third kappa shape index (κ3) is 1.75. The summed E-state index contributed by atoms with van der Waals surface area (Å²) in [5.41, 5.74) is 0. The lowest BCUT2D eigenvalue weighted by molar-refractivity contribution is 0.140. The molecular formula is C10H12O4. The Morgan fingerprint density at radius 1 is 1.29 bits per heavy atom. The second-order valence-corrected chi connectivity index (χ2v) is 2.83. The molecule has 76 valence electrons. The predicted octanol–water partition coefficient (Wildman–Crippen LogP) is 1.44. The van der Waals surface area contributed by atoms with Crippen LogP contribution in [0, 0.1) is 0 Å². The van der Waals surface area contributed by atoms with Gasteiger partial charge in [0.25, 0.3) is 0 Å². The molecule has 4 nitrogen and oxygen atoms in total. The number of para-hydroxylation sites is 1. The molecule has 1 aromatic rings. The summed E-state index contributed by atoms with van der Waals surface area (Å²) in [5.74, 6) is 2.13. The second kappa shape index (κ2) is 4.19. The van der Waals surface area contributed by atoms with Gasteiger partial charge in [-0.3, -0.25) is 0 Å². The van der Waals surface area contributed by atoms with Crippen molar-refractivity contribution >= 4 is 0 Å². The highest BCUT2D eigenvalue weighted by atomic mass is 16.7. The summed E-state index contributed by atoms with van der Waals surface area (Å²) in [6, 6.07) is 5.57. The fourth-order valence-electron chi connectivity index (χ4n) is 1.25. The molecule has 1 aliphatic heterocycles. The van der Waals surface area contributed by atoms with E-state index in [9.17, 15) is 0 Å². The smallest absolute Gasteiger partial charge is 0.231 e. The van der Waals surface area contributed by atoms with Crippen molar-refractivity contribution in [2.75, 3.05) is 27.1 Å². The first-order valence-electron chi connectivity index (χ1n) is 4.42. The number of methoxy groups -OCH3 is 1. The third-order valence-corrected chi connectivity index (χ3v) is 1.91. The normalized spacial score (nSPS) is 12.9. The van der Waals surface area contributed by atoms with E-state index in [-0.39, 0.29) is 6.79 Å². The number of hydrogen-bond acceptors (Lipinski definition) is 4. The van der Waals surface area contributed by atoms with Crippen molar-refractivity contribution in [1.82, 2.24) is 0 Å². The highest BCUT2D eigenvalue weighted by Crippen LogP contribution is 2.40. The van der Waals surface area contributed by atoms with Gasteiger partial charge in [0.1, 0.15) is 6.61 Å². The summed E-state index contributed by atoms with van der Waals surface area (Å²) < 4.78 is 20.8. The Morgan fingerprint density at radius 3 is 3.07 bits per heavy atom. The van der Waals surface area contributed by atoms with Crippen molar-refractivity contribution in [3.63, 3.8) is 0 Å². The number of hydrogen-bond donors (Lipinski definition) is 0. The van der Waals surface area contributed by atoms with Gasteiger partial charge in [0.15, 0.2) is 11.5 Å². The molecule has 0 fully saturated rings. The Hall–Kier alpha value is -1.42. The summed E-state index contributed by atoms with van der Waals surface area (Å²) in [6.45, 7) is 1.33. The van der Waals surface area contributed by atoms with Crippen molar-refractivity contribution in [2.45, 2.75) is 0 Å². The van der Waals surface area contributed by atoms with Gasteiger partial charge >= 0.3 is 0 Å². The monoisotopic (exact) mass is 196 g/mol. The maximum atomic E-state index is 5.46. The molecule has 1 aliphatic rings. The van der Waals surface area contributed by atoms with E-state index in [0.29, 0.717) is 24.7 Å². The van der Waals surface area contributed by atoms with Crippen molar-refractivity contribution in [2.24, 2.45) is 0 Å². The quantitative estimate of drug-likeness (QED) is 0.683. The largest absolute Gasteiger partial charge is 0.487 e. The van der Waals surface area contributed by atoms with E-state index >= 15 is 0 Å². The topological polar surface area (TPSA) is 36.9 Å². The Bertz CT molecular complexity index is 311. The van der Waals surface area contributed by atoms with E-state index in [1.54, 1.807) is 7.11 Å². The standard InChI is InChI=1S/C10H12O4/c1-11-5-6-12-8-3-2-4-9-10(8)14-7-13-9/h2-4H,5-7H2,1H3. The minimum atomic E-state index is 0.264. The van der Waals surface area contributed by atoms with Crippen LogP contribution < -0.4 is 14.2 Å². The Balaban J connectivity index is 2.06. The summed E-state index contributed by atoms with van der Waals surface area (Å²) in [7, 11) is 1.64. The van der Waals surface area contributed by atoms with Gasteiger partial charge in [-0.1, -0.05) is 6.07 Å². The summed E-state index contributed by atoms with van der Waals surface area (Å²) in [4.78, 5) is 0. The average molecular weight is 196 g/mol. The molecular weight excluding hydrogens is 184 g/mol. The number of benzene rings is 1. The first-order chi connectivity index (χ1) is 6.92.